The third-order valence-electron chi connectivity index (χ3n) is 3.68. The Morgan fingerprint density at radius 2 is 1.42 bits per heavy atom. The van der Waals surface area contributed by atoms with Gasteiger partial charge in [0.2, 0.25) is 0 Å². The number of rotatable bonds is 3. The second kappa shape index (κ2) is 5.96. The molecule has 2 aromatic carbocycles. The predicted molar refractivity (Wildman–Crippen MR) is 84.3 cm³/mol. The second-order valence-corrected chi connectivity index (χ2v) is 5.12. The molecule has 1 nitrogen and oxygen atoms in total. The fraction of sp³-hybridized carbons (Fsp3) is 0.250. The molecule has 3 heteroatoms. The summed E-state index contributed by atoms with van der Waals surface area (Å²) in [6.07, 6.45) is 0. The van der Waals surface area contributed by atoms with E-state index in [2.05, 4.69) is 60.5 Å². The molecule has 0 N–H and O–H groups in total. The first-order chi connectivity index (χ1) is 8.83. The molecule has 0 aromatic heterocycles. The summed E-state index contributed by atoms with van der Waals surface area (Å²) in [5, 5.41) is 0. The van der Waals surface area contributed by atoms with Crippen LogP contribution in [0.3, 0.4) is 0 Å². The summed E-state index contributed by atoms with van der Waals surface area (Å²) in [6.45, 7) is 0.898. The smallest absolute Gasteiger partial charge is 0.0611 e. The number of halogens is 2. The van der Waals surface area contributed by atoms with Gasteiger partial charge in [0.15, 0.2) is 0 Å². The van der Waals surface area contributed by atoms with Crippen molar-refractivity contribution >= 4 is 24.0 Å². The number of alkyl halides is 1. The molecule has 100 valence electrons. The number of hydrogen-bond donors (Lipinski definition) is 0. The molecule has 0 atom stereocenters. The number of nitrogens with zero attached hydrogens (tertiary/aromatic N) is 1. The lowest BCUT2D eigenvalue weighted by atomic mass is 10.0. The van der Waals surface area contributed by atoms with Crippen molar-refractivity contribution in [1.29, 1.82) is 0 Å². The maximum atomic E-state index is 5.89. The van der Waals surface area contributed by atoms with E-state index < -0.39 is 0 Å². The first-order valence-electron chi connectivity index (χ1n) is 6.27. The molecule has 19 heavy (non-hydrogen) atoms. The average Bonchev–Trinajstić information content (AvgIpc) is 2.73. The zero-order valence-electron chi connectivity index (χ0n) is 10.8. The highest BCUT2D eigenvalue weighted by molar-refractivity contribution is 6.18. The standard InChI is InChI=1S/C16H16ClN.ClH/c1-18(11-10-17)16-14-8-4-2-6-12(14)13-7-3-5-9-15(13)16;/h2-9,16H,10-11H2,1H3;1H. The highest BCUT2D eigenvalue weighted by Gasteiger charge is 2.30. The summed E-state index contributed by atoms with van der Waals surface area (Å²) in [4.78, 5) is 2.33. The van der Waals surface area contributed by atoms with Crippen molar-refractivity contribution in [3.8, 4) is 11.1 Å². The van der Waals surface area contributed by atoms with Crippen molar-refractivity contribution in [3.63, 3.8) is 0 Å². The highest BCUT2D eigenvalue weighted by atomic mass is 35.5. The van der Waals surface area contributed by atoms with Gasteiger partial charge in [0.1, 0.15) is 0 Å². The lowest BCUT2D eigenvalue weighted by Gasteiger charge is -2.25. The second-order valence-electron chi connectivity index (χ2n) is 4.75. The number of fused-ring (bicyclic) bond motifs is 3. The maximum Gasteiger partial charge on any atom is 0.0611 e. The van der Waals surface area contributed by atoms with Crippen LogP contribution in [0, 0.1) is 0 Å². The van der Waals surface area contributed by atoms with Crippen LogP contribution in [0.4, 0.5) is 0 Å². The van der Waals surface area contributed by atoms with Crippen molar-refractivity contribution in [2.75, 3.05) is 19.5 Å². The number of benzene rings is 2. The lowest BCUT2D eigenvalue weighted by molar-refractivity contribution is 0.300. The van der Waals surface area contributed by atoms with Crippen LogP contribution in [0.15, 0.2) is 48.5 Å². The van der Waals surface area contributed by atoms with E-state index in [0.29, 0.717) is 11.9 Å². The van der Waals surface area contributed by atoms with Crippen molar-refractivity contribution < 1.29 is 0 Å². The van der Waals surface area contributed by atoms with E-state index in [9.17, 15) is 0 Å². The molecular weight excluding hydrogens is 277 g/mol. The quantitative estimate of drug-likeness (QED) is 0.761. The van der Waals surface area contributed by atoms with E-state index in [0.717, 1.165) is 6.54 Å². The fourth-order valence-corrected chi connectivity index (χ4v) is 3.13. The van der Waals surface area contributed by atoms with E-state index >= 15 is 0 Å². The van der Waals surface area contributed by atoms with Crippen LogP contribution in [0.1, 0.15) is 17.2 Å². The first kappa shape index (κ1) is 14.4. The van der Waals surface area contributed by atoms with Crippen molar-refractivity contribution in [3.05, 3.63) is 59.7 Å². The van der Waals surface area contributed by atoms with E-state index in [-0.39, 0.29) is 12.4 Å². The maximum absolute atomic E-state index is 5.89. The van der Waals surface area contributed by atoms with Crippen LogP contribution in [0.2, 0.25) is 0 Å². The Bertz CT molecular complexity index is 523. The van der Waals surface area contributed by atoms with Gasteiger partial charge >= 0.3 is 0 Å². The fourth-order valence-electron chi connectivity index (χ4n) is 2.87. The molecule has 0 saturated carbocycles. The van der Waals surface area contributed by atoms with Gasteiger partial charge in [-0.05, 0) is 29.3 Å². The van der Waals surface area contributed by atoms with E-state index in [1.807, 2.05) is 0 Å². The molecule has 0 unspecified atom stereocenters. The van der Waals surface area contributed by atoms with Gasteiger partial charge in [-0.2, -0.15) is 0 Å². The van der Waals surface area contributed by atoms with E-state index in [1.165, 1.54) is 22.3 Å². The lowest BCUT2D eigenvalue weighted by Crippen LogP contribution is -2.26. The Labute approximate surface area is 125 Å². The van der Waals surface area contributed by atoms with Crippen molar-refractivity contribution in [1.82, 2.24) is 4.90 Å². The molecule has 1 aliphatic rings. The molecule has 0 spiro atoms. The summed E-state index contributed by atoms with van der Waals surface area (Å²) < 4.78 is 0. The SMILES string of the molecule is CN(CCCl)C1c2ccccc2-c2ccccc21.Cl. The van der Waals surface area contributed by atoms with Crippen LogP contribution in [-0.4, -0.2) is 24.4 Å². The van der Waals surface area contributed by atoms with Gasteiger partial charge in [0.05, 0.1) is 6.04 Å². The number of hydrogen-bond acceptors (Lipinski definition) is 1. The average molecular weight is 294 g/mol. The summed E-state index contributed by atoms with van der Waals surface area (Å²) in [6, 6.07) is 17.7. The minimum absolute atomic E-state index is 0. The van der Waals surface area contributed by atoms with Gasteiger partial charge in [-0.3, -0.25) is 4.90 Å². The molecule has 0 radical (unpaired) electrons. The Hall–Kier alpha value is -1.02. The zero-order chi connectivity index (χ0) is 12.5. The first-order valence-corrected chi connectivity index (χ1v) is 6.81. The van der Waals surface area contributed by atoms with Gasteiger partial charge in [-0.15, -0.1) is 24.0 Å². The minimum atomic E-state index is 0. The molecular formula is C16H17Cl2N. The molecule has 0 aliphatic heterocycles. The normalized spacial score (nSPS) is 13.0. The Morgan fingerprint density at radius 3 is 1.89 bits per heavy atom. The third kappa shape index (κ3) is 2.38. The molecule has 1 aliphatic carbocycles. The van der Waals surface area contributed by atoms with Crippen LogP contribution >= 0.6 is 24.0 Å². The summed E-state index contributed by atoms with van der Waals surface area (Å²) in [5.41, 5.74) is 5.51. The Morgan fingerprint density at radius 1 is 0.947 bits per heavy atom. The molecule has 0 heterocycles. The van der Waals surface area contributed by atoms with Crippen molar-refractivity contribution in [2.45, 2.75) is 6.04 Å². The molecule has 2 aromatic rings. The zero-order valence-corrected chi connectivity index (χ0v) is 12.4. The molecule has 0 fully saturated rings. The summed E-state index contributed by atoms with van der Waals surface area (Å²) in [7, 11) is 2.14. The van der Waals surface area contributed by atoms with Gasteiger partial charge in [0, 0.05) is 12.4 Å². The van der Waals surface area contributed by atoms with Crippen LogP contribution in [0.5, 0.6) is 0 Å². The van der Waals surface area contributed by atoms with E-state index in [4.69, 9.17) is 11.6 Å². The van der Waals surface area contributed by atoms with Gasteiger partial charge in [0.25, 0.3) is 0 Å². The minimum Gasteiger partial charge on any atom is -0.294 e. The largest absolute Gasteiger partial charge is 0.294 e. The van der Waals surface area contributed by atoms with Gasteiger partial charge < -0.3 is 0 Å². The highest BCUT2D eigenvalue weighted by Crippen LogP contribution is 2.45. The monoisotopic (exact) mass is 293 g/mol. The summed E-state index contributed by atoms with van der Waals surface area (Å²) >= 11 is 5.89. The van der Waals surface area contributed by atoms with Gasteiger partial charge in [-0.1, -0.05) is 48.5 Å². The molecule has 0 amide bonds. The van der Waals surface area contributed by atoms with Crippen molar-refractivity contribution in [2.24, 2.45) is 0 Å². The topological polar surface area (TPSA) is 3.24 Å². The van der Waals surface area contributed by atoms with Gasteiger partial charge in [-0.25, -0.2) is 0 Å². The third-order valence-corrected chi connectivity index (χ3v) is 3.85. The molecule has 0 bridgehead atoms. The van der Waals surface area contributed by atoms with Crippen LogP contribution in [-0.2, 0) is 0 Å². The predicted octanol–water partition coefficient (Wildman–Crippen LogP) is 4.35. The Kier molecular flexibility index (Phi) is 4.51. The van der Waals surface area contributed by atoms with E-state index in [1.54, 1.807) is 0 Å². The van der Waals surface area contributed by atoms with Crippen LogP contribution < -0.4 is 0 Å². The molecule has 3 rings (SSSR count). The summed E-state index contributed by atoms with van der Waals surface area (Å²) in [5.74, 6) is 0.664. The molecule has 0 saturated heterocycles. The Balaban J connectivity index is 0.00000133. The van der Waals surface area contributed by atoms with Crippen LogP contribution in [0.25, 0.3) is 11.1 Å².